The van der Waals surface area contributed by atoms with E-state index in [1.807, 2.05) is 65.7 Å². The Labute approximate surface area is 164 Å². The minimum Gasteiger partial charge on any atom is -0.333 e. The number of carbonyl (C=O) groups excluding carboxylic acids is 1. The number of aromatic nitrogens is 3. The number of nitrogens with one attached hydrogen (secondary N) is 1. The number of benzene rings is 1. The summed E-state index contributed by atoms with van der Waals surface area (Å²) in [7, 11) is 1.94. The first-order valence-corrected chi connectivity index (χ1v) is 9.97. The normalized spacial score (nSPS) is 11.1. The van der Waals surface area contributed by atoms with Crippen LogP contribution in [0.5, 0.6) is 0 Å². The molecule has 0 saturated heterocycles. The van der Waals surface area contributed by atoms with Gasteiger partial charge in [-0.3, -0.25) is 10.1 Å². The van der Waals surface area contributed by atoms with Crippen LogP contribution in [0.1, 0.15) is 4.88 Å². The van der Waals surface area contributed by atoms with Gasteiger partial charge in [0.25, 0.3) is 0 Å². The van der Waals surface area contributed by atoms with Gasteiger partial charge in [-0.2, -0.15) is 0 Å². The monoisotopic (exact) mass is 392 g/mol. The second kappa shape index (κ2) is 7.69. The highest BCUT2D eigenvalue weighted by Crippen LogP contribution is 2.38. The molecule has 3 aromatic heterocycles. The molecule has 4 rings (SSSR count). The van der Waals surface area contributed by atoms with Gasteiger partial charge in [-0.05, 0) is 17.5 Å². The van der Waals surface area contributed by atoms with Crippen molar-refractivity contribution in [1.82, 2.24) is 14.5 Å². The number of hydrogen-bond acceptors (Lipinski definition) is 5. The summed E-state index contributed by atoms with van der Waals surface area (Å²) in [5.74, 6) is 0.615. The Balaban J connectivity index is 1.65. The molecule has 1 amide bonds. The number of rotatable bonds is 5. The minimum absolute atomic E-state index is 0.205. The Hall–Kier alpha value is -3.03. The number of aryl methyl sites for hydroxylation is 1. The molecule has 0 unspecified atom stereocenters. The summed E-state index contributed by atoms with van der Waals surface area (Å²) in [5, 5.41) is 5.39. The van der Waals surface area contributed by atoms with Crippen molar-refractivity contribution in [3.63, 3.8) is 0 Å². The van der Waals surface area contributed by atoms with Crippen LogP contribution in [-0.2, 0) is 11.8 Å². The number of imidazole rings is 1. The maximum Gasteiger partial charge on any atom is 0.250 e. The second-order valence-corrected chi connectivity index (χ2v) is 7.74. The van der Waals surface area contributed by atoms with Crippen LogP contribution in [0.4, 0.5) is 5.13 Å². The zero-order valence-corrected chi connectivity index (χ0v) is 16.1. The summed E-state index contributed by atoms with van der Waals surface area (Å²) in [6.07, 6.45) is 6.97. The van der Waals surface area contributed by atoms with Crippen LogP contribution in [0.15, 0.2) is 66.3 Å². The molecule has 0 aliphatic carbocycles. The van der Waals surface area contributed by atoms with Crippen molar-refractivity contribution < 1.29 is 4.79 Å². The van der Waals surface area contributed by atoms with Gasteiger partial charge in [-0.1, -0.05) is 47.7 Å². The quantitative estimate of drug-likeness (QED) is 0.490. The van der Waals surface area contributed by atoms with Crippen molar-refractivity contribution in [1.29, 1.82) is 0 Å². The molecule has 7 heteroatoms. The van der Waals surface area contributed by atoms with Gasteiger partial charge in [0.1, 0.15) is 0 Å². The molecule has 0 fully saturated rings. The molecule has 0 aliphatic heterocycles. The van der Waals surface area contributed by atoms with Crippen molar-refractivity contribution in [2.24, 2.45) is 7.05 Å². The number of thiophene rings is 1. The SMILES string of the molecule is Cn1ccnc1-c1sc(NC(=O)/C=C/c2cccs2)nc1-c1ccccc1. The van der Waals surface area contributed by atoms with Crippen molar-refractivity contribution in [2.75, 3.05) is 5.32 Å². The molecular formula is C20H16N4OS2. The average molecular weight is 393 g/mol. The van der Waals surface area contributed by atoms with Crippen LogP contribution in [0.25, 0.3) is 28.0 Å². The summed E-state index contributed by atoms with van der Waals surface area (Å²) >= 11 is 3.00. The molecule has 0 spiro atoms. The molecule has 0 saturated carbocycles. The van der Waals surface area contributed by atoms with E-state index < -0.39 is 0 Å². The molecule has 3 heterocycles. The lowest BCUT2D eigenvalue weighted by atomic mass is 10.1. The maximum atomic E-state index is 12.3. The first kappa shape index (κ1) is 17.4. The molecule has 0 radical (unpaired) electrons. The topological polar surface area (TPSA) is 59.8 Å². The fraction of sp³-hybridized carbons (Fsp3) is 0.0500. The van der Waals surface area contributed by atoms with Gasteiger partial charge in [-0.15, -0.1) is 11.3 Å². The van der Waals surface area contributed by atoms with Crippen molar-refractivity contribution in [2.45, 2.75) is 0 Å². The third kappa shape index (κ3) is 3.89. The molecule has 134 valence electrons. The highest BCUT2D eigenvalue weighted by atomic mass is 32.1. The fourth-order valence-electron chi connectivity index (χ4n) is 2.59. The first-order chi connectivity index (χ1) is 13.2. The summed E-state index contributed by atoms with van der Waals surface area (Å²) < 4.78 is 1.95. The molecule has 1 aromatic carbocycles. The van der Waals surface area contributed by atoms with Crippen molar-refractivity contribution in [3.05, 3.63) is 71.2 Å². The van der Waals surface area contributed by atoms with E-state index in [2.05, 4.69) is 15.3 Å². The molecule has 5 nitrogen and oxygen atoms in total. The van der Waals surface area contributed by atoms with E-state index in [1.54, 1.807) is 23.6 Å². The van der Waals surface area contributed by atoms with E-state index in [0.717, 1.165) is 26.8 Å². The lowest BCUT2D eigenvalue weighted by molar-refractivity contribution is -0.111. The number of hydrogen-bond donors (Lipinski definition) is 1. The lowest BCUT2D eigenvalue weighted by Gasteiger charge is -2.02. The zero-order chi connectivity index (χ0) is 18.6. The van der Waals surface area contributed by atoms with Gasteiger partial charge in [0, 0.05) is 36.0 Å². The highest BCUT2D eigenvalue weighted by molar-refractivity contribution is 7.19. The number of thiazole rings is 1. The Kier molecular flexibility index (Phi) is 4.95. The first-order valence-electron chi connectivity index (χ1n) is 8.27. The number of anilines is 1. The predicted octanol–water partition coefficient (Wildman–Crippen LogP) is 4.92. The van der Waals surface area contributed by atoms with Crippen LogP contribution >= 0.6 is 22.7 Å². The number of amides is 1. The average Bonchev–Trinajstić information content (AvgIpc) is 3.41. The van der Waals surface area contributed by atoms with Gasteiger partial charge in [-0.25, -0.2) is 9.97 Å². The Morgan fingerprint density at radius 2 is 2.04 bits per heavy atom. The molecule has 0 atom stereocenters. The van der Waals surface area contributed by atoms with Crippen LogP contribution in [-0.4, -0.2) is 20.4 Å². The van der Waals surface area contributed by atoms with E-state index in [0.29, 0.717) is 5.13 Å². The largest absolute Gasteiger partial charge is 0.333 e. The summed E-state index contributed by atoms with van der Waals surface area (Å²) in [4.78, 5) is 23.3. The third-order valence-electron chi connectivity index (χ3n) is 3.87. The second-order valence-electron chi connectivity index (χ2n) is 5.76. The number of carbonyl (C=O) groups is 1. The standard InChI is InChI=1S/C20H16N4OS2/c1-24-12-11-21-19(24)18-17(14-6-3-2-4-7-14)23-20(27-18)22-16(25)10-9-15-8-5-13-26-15/h2-13H,1H3,(H,22,23,25)/b10-9+. The zero-order valence-electron chi connectivity index (χ0n) is 14.5. The van der Waals surface area contributed by atoms with E-state index in [1.165, 1.54) is 17.4 Å². The minimum atomic E-state index is -0.205. The van der Waals surface area contributed by atoms with Gasteiger partial charge < -0.3 is 4.57 Å². The maximum absolute atomic E-state index is 12.3. The highest BCUT2D eigenvalue weighted by Gasteiger charge is 2.18. The predicted molar refractivity (Wildman–Crippen MR) is 112 cm³/mol. The smallest absolute Gasteiger partial charge is 0.250 e. The van der Waals surface area contributed by atoms with E-state index in [9.17, 15) is 4.79 Å². The van der Waals surface area contributed by atoms with E-state index in [4.69, 9.17) is 0 Å². The van der Waals surface area contributed by atoms with Crippen molar-refractivity contribution in [3.8, 4) is 22.0 Å². The van der Waals surface area contributed by atoms with Crippen molar-refractivity contribution >= 4 is 39.8 Å². The van der Waals surface area contributed by atoms with E-state index in [-0.39, 0.29) is 5.91 Å². The van der Waals surface area contributed by atoms with Crippen LogP contribution < -0.4 is 5.32 Å². The van der Waals surface area contributed by atoms with Gasteiger partial charge in [0.2, 0.25) is 5.91 Å². The van der Waals surface area contributed by atoms with Crippen LogP contribution in [0.2, 0.25) is 0 Å². The Bertz CT molecular complexity index is 1080. The summed E-state index contributed by atoms with van der Waals surface area (Å²) in [6.45, 7) is 0. The van der Waals surface area contributed by atoms with Gasteiger partial charge >= 0.3 is 0 Å². The Morgan fingerprint density at radius 3 is 2.74 bits per heavy atom. The molecule has 0 bridgehead atoms. The fourth-order valence-corrected chi connectivity index (χ4v) is 4.24. The molecule has 27 heavy (non-hydrogen) atoms. The summed E-state index contributed by atoms with van der Waals surface area (Å²) in [6, 6.07) is 13.8. The molecule has 4 aromatic rings. The third-order valence-corrected chi connectivity index (χ3v) is 5.68. The molecule has 0 aliphatic rings. The lowest BCUT2D eigenvalue weighted by Crippen LogP contribution is -2.07. The van der Waals surface area contributed by atoms with Crippen LogP contribution in [0, 0.1) is 0 Å². The number of nitrogens with zero attached hydrogens (tertiary/aromatic N) is 3. The van der Waals surface area contributed by atoms with E-state index >= 15 is 0 Å². The molecule has 1 N–H and O–H groups in total. The molecular weight excluding hydrogens is 376 g/mol. The Morgan fingerprint density at radius 1 is 1.19 bits per heavy atom. The van der Waals surface area contributed by atoms with Gasteiger partial charge in [0.15, 0.2) is 11.0 Å². The summed E-state index contributed by atoms with van der Waals surface area (Å²) in [5.41, 5.74) is 1.80. The van der Waals surface area contributed by atoms with Gasteiger partial charge in [0.05, 0.1) is 10.6 Å². The van der Waals surface area contributed by atoms with Crippen LogP contribution in [0.3, 0.4) is 0 Å².